The summed E-state index contributed by atoms with van der Waals surface area (Å²) in [5.74, 6) is 1.28. The molecule has 0 fully saturated rings. The van der Waals surface area contributed by atoms with Crippen LogP contribution < -0.4 is 5.32 Å². The minimum atomic E-state index is 0.295. The molecule has 1 rings (SSSR count). The molecule has 0 radical (unpaired) electrons. The fourth-order valence-electron chi connectivity index (χ4n) is 2.40. The van der Waals surface area contributed by atoms with Crippen LogP contribution in [-0.4, -0.2) is 18.3 Å². The van der Waals surface area contributed by atoms with Crippen molar-refractivity contribution in [1.29, 1.82) is 0 Å². The molecule has 0 aliphatic heterocycles. The summed E-state index contributed by atoms with van der Waals surface area (Å²) >= 11 is 0. The number of hydrogen-bond acceptors (Lipinski definition) is 2. The number of aliphatic hydroxyl groups excluding tert-OH is 1. The summed E-state index contributed by atoms with van der Waals surface area (Å²) in [6, 6.07) is 8.60. The Kier molecular flexibility index (Phi) is 6.99. The maximum Gasteiger partial charge on any atom is 0.0434 e. The highest BCUT2D eigenvalue weighted by atomic mass is 16.3. The SMILES string of the molecule is Cc1cccc(CNCC(CCO)CC(C)C)c1. The molecule has 0 bridgehead atoms. The van der Waals surface area contributed by atoms with Crippen LogP contribution in [0.2, 0.25) is 0 Å². The topological polar surface area (TPSA) is 32.3 Å². The van der Waals surface area contributed by atoms with E-state index in [9.17, 15) is 0 Å². The quantitative estimate of drug-likeness (QED) is 0.742. The van der Waals surface area contributed by atoms with Crippen molar-refractivity contribution < 1.29 is 5.11 Å². The Morgan fingerprint density at radius 3 is 2.67 bits per heavy atom. The van der Waals surface area contributed by atoms with E-state index in [4.69, 9.17) is 5.11 Å². The minimum Gasteiger partial charge on any atom is -0.396 e. The van der Waals surface area contributed by atoms with Crippen molar-refractivity contribution in [2.24, 2.45) is 11.8 Å². The number of rotatable bonds is 8. The van der Waals surface area contributed by atoms with Gasteiger partial charge in [0.15, 0.2) is 0 Å². The second kappa shape index (κ2) is 8.28. The van der Waals surface area contributed by atoms with Crippen molar-refractivity contribution in [2.75, 3.05) is 13.2 Å². The lowest BCUT2D eigenvalue weighted by atomic mass is 9.94. The Morgan fingerprint density at radius 1 is 1.28 bits per heavy atom. The average Bonchev–Trinajstić information content (AvgIpc) is 2.28. The van der Waals surface area contributed by atoms with E-state index in [1.165, 1.54) is 17.5 Å². The summed E-state index contributed by atoms with van der Waals surface area (Å²) in [7, 11) is 0. The largest absolute Gasteiger partial charge is 0.396 e. The zero-order valence-electron chi connectivity index (χ0n) is 11.9. The van der Waals surface area contributed by atoms with Crippen molar-refractivity contribution in [3.05, 3.63) is 35.4 Å². The molecular weight excluding hydrogens is 222 g/mol. The molecule has 0 aliphatic rings. The summed E-state index contributed by atoms with van der Waals surface area (Å²) < 4.78 is 0. The molecule has 0 aromatic heterocycles. The lowest BCUT2D eigenvalue weighted by molar-refractivity contribution is 0.239. The first kappa shape index (κ1) is 15.2. The van der Waals surface area contributed by atoms with Crippen molar-refractivity contribution in [1.82, 2.24) is 5.32 Å². The van der Waals surface area contributed by atoms with E-state index < -0.39 is 0 Å². The van der Waals surface area contributed by atoms with Gasteiger partial charge in [0.1, 0.15) is 0 Å². The molecule has 2 nitrogen and oxygen atoms in total. The Balaban J connectivity index is 2.33. The van der Waals surface area contributed by atoms with Crippen LogP contribution in [0.25, 0.3) is 0 Å². The van der Waals surface area contributed by atoms with Gasteiger partial charge in [-0.3, -0.25) is 0 Å². The molecular formula is C16H27NO. The van der Waals surface area contributed by atoms with Crippen LogP contribution in [0.5, 0.6) is 0 Å². The molecule has 1 aromatic rings. The van der Waals surface area contributed by atoms with Crippen molar-refractivity contribution in [3.63, 3.8) is 0 Å². The number of nitrogens with one attached hydrogen (secondary N) is 1. The molecule has 1 aromatic carbocycles. The van der Waals surface area contributed by atoms with Crippen LogP contribution >= 0.6 is 0 Å². The predicted molar refractivity (Wildman–Crippen MR) is 77.5 cm³/mol. The van der Waals surface area contributed by atoms with Gasteiger partial charge >= 0.3 is 0 Å². The third kappa shape index (κ3) is 6.18. The highest BCUT2D eigenvalue weighted by molar-refractivity contribution is 5.21. The van der Waals surface area contributed by atoms with E-state index in [2.05, 4.69) is 50.4 Å². The van der Waals surface area contributed by atoms with Crippen molar-refractivity contribution in [2.45, 2.75) is 40.2 Å². The molecule has 2 N–H and O–H groups in total. The molecule has 1 atom stereocenters. The summed E-state index contributed by atoms with van der Waals surface area (Å²) in [4.78, 5) is 0. The summed E-state index contributed by atoms with van der Waals surface area (Å²) in [5.41, 5.74) is 2.64. The molecule has 0 amide bonds. The Morgan fingerprint density at radius 2 is 2.06 bits per heavy atom. The number of benzene rings is 1. The summed E-state index contributed by atoms with van der Waals surface area (Å²) in [6.07, 6.45) is 2.08. The fraction of sp³-hybridized carbons (Fsp3) is 0.625. The van der Waals surface area contributed by atoms with Gasteiger partial charge < -0.3 is 10.4 Å². The van der Waals surface area contributed by atoms with Gasteiger partial charge in [-0.15, -0.1) is 0 Å². The van der Waals surface area contributed by atoms with Gasteiger partial charge in [-0.2, -0.15) is 0 Å². The van der Waals surface area contributed by atoms with Gasteiger partial charge in [-0.05, 0) is 43.7 Å². The van der Waals surface area contributed by atoms with Crippen LogP contribution in [-0.2, 0) is 6.54 Å². The van der Waals surface area contributed by atoms with Gasteiger partial charge in [-0.1, -0.05) is 43.7 Å². The van der Waals surface area contributed by atoms with Crippen LogP contribution in [0.15, 0.2) is 24.3 Å². The zero-order valence-corrected chi connectivity index (χ0v) is 11.9. The van der Waals surface area contributed by atoms with E-state index in [1.54, 1.807) is 0 Å². The first-order valence-corrected chi connectivity index (χ1v) is 6.99. The van der Waals surface area contributed by atoms with Gasteiger partial charge in [0.05, 0.1) is 0 Å². The maximum absolute atomic E-state index is 9.07. The molecule has 0 heterocycles. The average molecular weight is 249 g/mol. The number of aliphatic hydroxyl groups is 1. The zero-order chi connectivity index (χ0) is 13.4. The van der Waals surface area contributed by atoms with Gasteiger partial charge in [0, 0.05) is 13.2 Å². The van der Waals surface area contributed by atoms with Gasteiger partial charge in [-0.25, -0.2) is 0 Å². The normalized spacial score (nSPS) is 12.9. The highest BCUT2D eigenvalue weighted by Gasteiger charge is 2.09. The minimum absolute atomic E-state index is 0.295. The van der Waals surface area contributed by atoms with E-state index in [0.717, 1.165) is 19.5 Å². The first-order valence-electron chi connectivity index (χ1n) is 6.99. The molecule has 18 heavy (non-hydrogen) atoms. The third-order valence-corrected chi connectivity index (χ3v) is 3.19. The van der Waals surface area contributed by atoms with Crippen molar-refractivity contribution >= 4 is 0 Å². The molecule has 2 heteroatoms. The van der Waals surface area contributed by atoms with Crippen LogP contribution in [0.3, 0.4) is 0 Å². The Hall–Kier alpha value is -0.860. The molecule has 0 spiro atoms. The second-order valence-electron chi connectivity index (χ2n) is 5.63. The van der Waals surface area contributed by atoms with E-state index in [-0.39, 0.29) is 0 Å². The van der Waals surface area contributed by atoms with Crippen LogP contribution in [0.1, 0.15) is 37.8 Å². The van der Waals surface area contributed by atoms with Crippen molar-refractivity contribution in [3.8, 4) is 0 Å². The number of hydrogen-bond donors (Lipinski definition) is 2. The van der Waals surface area contributed by atoms with E-state index in [0.29, 0.717) is 18.4 Å². The third-order valence-electron chi connectivity index (χ3n) is 3.19. The summed E-state index contributed by atoms with van der Waals surface area (Å²) in [6.45, 7) is 8.81. The monoisotopic (exact) mass is 249 g/mol. The molecule has 1 unspecified atom stereocenters. The highest BCUT2D eigenvalue weighted by Crippen LogP contribution is 2.14. The number of aryl methyl sites for hydroxylation is 1. The van der Waals surface area contributed by atoms with Gasteiger partial charge in [0.2, 0.25) is 0 Å². The summed E-state index contributed by atoms with van der Waals surface area (Å²) in [5, 5.41) is 12.6. The van der Waals surface area contributed by atoms with Crippen LogP contribution in [0.4, 0.5) is 0 Å². The standard InChI is InChI=1S/C16H27NO/c1-13(2)9-16(7-8-18)12-17-11-15-6-4-5-14(3)10-15/h4-6,10,13,16-18H,7-9,11-12H2,1-3H3. The fourth-order valence-corrected chi connectivity index (χ4v) is 2.40. The smallest absolute Gasteiger partial charge is 0.0434 e. The maximum atomic E-state index is 9.07. The molecule has 0 saturated carbocycles. The molecule has 0 saturated heterocycles. The Labute approximate surface area is 111 Å². The second-order valence-corrected chi connectivity index (χ2v) is 5.63. The predicted octanol–water partition coefficient (Wildman–Crippen LogP) is 3.13. The van der Waals surface area contributed by atoms with E-state index in [1.807, 2.05) is 0 Å². The lowest BCUT2D eigenvalue weighted by Gasteiger charge is -2.18. The van der Waals surface area contributed by atoms with Gasteiger partial charge in [0.25, 0.3) is 0 Å². The molecule has 0 aliphatic carbocycles. The van der Waals surface area contributed by atoms with E-state index >= 15 is 0 Å². The van der Waals surface area contributed by atoms with Crippen LogP contribution in [0, 0.1) is 18.8 Å². The molecule has 102 valence electrons. The first-order chi connectivity index (χ1) is 8.61. The Bertz CT molecular complexity index is 336. The lowest BCUT2D eigenvalue weighted by Crippen LogP contribution is -2.24.